The van der Waals surface area contributed by atoms with E-state index in [-0.39, 0.29) is 11.9 Å². The van der Waals surface area contributed by atoms with E-state index in [1.54, 1.807) is 0 Å². The maximum Gasteiger partial charge on any atom is 0.308 e. The number of ether oxygens (including phenoxy) is 1. The summed E-state index contributed by atoms with van der Waals surface area (Å²) in [5, 5.41) is 0. The first kappa shape index (κ1) is 13.6. The van der Waals surface area contributed by atoms with E-state index >= 15 is 0 Å². The van der Waals surface area contributed by atoms with Crippen LogP contribution in [0.4, 0.5) is 0 Å². The molecule has 2 heterocycles. The Balaban J connectivity index is 1.72. The van der Waals surface area contributed by atoms with Gasteiger partial charge in [-0.25, -0.2) is 0 Å². The van der Waals surface area contributed by atoms with Crippen molar-refractivity contribution in [3.63, 3.8) is 0 Å². The average Bonchev–Trinajstić information content (AvgIpc) is 2.47. The maximum atomic E-state index is 11.8. The number of piperidine rings is 2. The summed E-state index contributed by atoms with van der Waals surface area (Å²) in [6.07, 6.45) is 5.67. The molecule has 2 aliphatic rings. The van der Waals surface area contributed by atoms with Crippen LogP contribution in [0.2, 0.25) is 0 Å². The third kappa shape index (κ3) is 2.73. The third-order valence-electron chi connectivity index (χ3n) is 4.87. The number of esters is 1. The zero-order chi connectivity index (χ0) is 13.9. The number of methoxy groups -OCH3 is 1. The number of rotatable bonds is 3. The van der Waals surface area contributed by atoms with Crippen molar-refractivity contribution in [3.8, 4) is 0 Å². The molecule has 1 aromatic rings. The number of benzene rings is 1. The number of fused-ring (bicyclic) bond motifs is 2. The van der Waals surface area contributed by atoms with Crippen LogP contribution in [0.5, 0.6) is 0 Å². The lowest BCUT2D eigenvalue weighted by atomic mass is 9.78. The molecule has 2 fully saturated rings. The minimum Gasteiger partial charge on any atom is -0.469 e. The first-order valence-electron chi connectivity index (χ1n) is 7.65. The fraction of sp³-hybridized carbons (Fsp3) is 0.588. The van der Waals surface area contributed by atoms with Gasteiger partial charge in [0.05, 0.1) is 13.0 Å². The van der Waals surface area contributed by atoms with Gasteiger partial charge in [-0.2, -0.15) is 0 Å². The van der Waals surface area contributed by atoms with E-state index in [1.807, 2.05) is 0 Å². The van der Waals surface area contributed by atoms with Crippen molar-refractivity contribution in [3.05, 3.63) is 35.9 Å². The highest BCUT2D eigenvalue weighted by Crippen LogP contribution is 2.38. The highest BCUT2D eigenvalue weighted by Gasteiger charge is 2.40. The van der Waals surface area contributed by atoms with Gasteiger partial charge in [0.1, 0.15) is 0 Å². The number of carbonyl (C=O) groups excluding carboxylic acids is 1. The average molecular weight is 273 g/mol. The summed E-state index contributed by atoms with van der Waals surface area (Å²) in [4.78, 5) is 14.4. The third-order valence-corrected chi connectivity index (χ3v) is 4.87. The lowest BCUT2D eigenvalue weighted by Gasteiger charge is -2.48. The predicted molar refractivity (Wildman–Crippen MR) is 78.2 cm³/mol. The van der Waals surface area contributed by atoms with Gasteiger partial charge >= 0.3 is 5.97 Å². The summed E-state index contributed by atoms with van der Waals surface area (Å²) in [5.41, 5.74) is 1.38. The molecule has 20 heavy (non-hydrogen) atoms. The Morgan fingerprint density at radius 1 is 1.20 bits per heavy atom. The number of hydrogen-bond acceptors (Lipinski definition) is 3. The summed E-state index contributed by atoms with van der Waals surface area (Å²) in [6.45, 7) is 1.02. The Morgan fingerprint density at radius 3 is 2.45 bits per heavy atom. The van der Waals surface area contributed by atoms with Gasteiger partial charge in [-0.05, 0) is 31.2 Å². The minimum atomic E-state index is -0.0127. The molecule has 3 atom stereocenters. The molecule has 2 bridgehead atoms. The Morgan fingerprint density at radius 2 is 1.85 bits per heavy atom. The van der Waals surface area contributed by atoms with Crippen LogP contribution in [0, 0.1) is 5.92 Å². The first-order valence-corrected chi connectivity index (χ1v) is 7.65. The molecule has 108 valence electrons. The summed E-state index contributed by atoms with van der Waals surface area (Å²) in [6, 6.07) is 11.8. The van der Waals surface area contributed by atoms with Gasteiger partial charge < -0.3 is 4.74 Å². The molecule has 2 aliphatic heterocycles. The molecule has 0 saturated carbocycles. The number of carbonyl (C=O) groups is 1. The molecule has 0 radical (unpaired) electrons. The predicted octanol–water partition coefficient (Wildman–Crippen LogP) is 2.99. The molecular weight excluding hydrogens is 250 g/mol. The molecule has 0 aliphatic carbocycles. The normalized spacial score (nSPS) is 29.9. The van der Waals surface area contributed by atoms with E-state index in [2.05, 4.69) is 35.2 Å². The van der Waals surface area contributed by atoms with Crippen molar-refractivity contribution < 1.29 is 9.53 Å². The van der Waals surface area contributed by atoms with E-state index in [1.165, 1.54) is 31.9 Å². The monoisotopic (exact) mass is 273 g/mol. The van der Waals surface area contributed by atoms with E-state index in [4.69, 9.17) is 4.74 Å². The molecule has 2 saturated heterocycles. The standard InChI is InChI=1S/C17H23NO2/c1-20-17(19)14-10-15-8-5-9-16(11-14)18(15)12-13-6-3-2-4-7-13/h2-4,6-7,14-16H,5,8-12H2,1H3/t14?,15-,16+. The summed E-state index contributed by atoms with van der Waals surface area (Å²) in [7, 11) is 1.51. The summed E-state index contributed by atoms with van der Waals surface area (Å²) < 4.78 is 4.95. The van der Waals surface area contributed by atoms with Crippen molar-refractivity contribution in [2.24, 2.45) is 5.92 Å². The largest absolute Gasteiger partial charge is 0.469 e. The Bertz CT molecular complexity index is 445. The Hall–Kier alpha value is -1.35. The number of nitrogens with zero attached hydrogens (tertiary/aromatic N) is 1. The molecule has 0 aromatic heterocycles. The molecule has 3 rings (SSSR count). The number of hydrogen-bond donors (Lipinski definition) is 0. The van der Waals surface area contributed by atoms with Gasteiger partial charge in [0.25, 0.3) is 0 Å². The molecular formula is C17H23NO2. The van der Waals surface area contributed by atoms with Crippen LogP contribution in [0.3, 0.4) is 0 Å². The maximum absolute atomic E-state index is 11.8. The smallest absolute Gasteiger partial charge is 0.308 e. The van der Waals surface area contributed by atoms with E-state index in [0.29, 0.717) is 12.1 Å². The summed E-state index contributed by atoms with van der Waals surface area (Å²) >= 11 is 0. The highest BCUT2D eigenvalue weighted by atomic mass is 16.5. The van der Waals surface area contributed by atoms with Crippen LogP contribution in [0.1, 0.15) is 37.7 Å². The van der Waals surface area contributed by atoms with Crippen molar-refractivity contribution in [1.82, 2.24) is 4.90 Å². The molecule has 1 aromatic carbocycles. The van der Waals surface area contributed by atoms with E-state index in [9.17, 15) is 4.79 Å². The quantitative estimate of drug-likeness (QED) is 0.793. The van der Waals surface area contributed by atoms with Gasteiger partial charge in [0.15, 0.2) is 0 Å². The molecule has 1 unspecified atom stereocenters. The van der Waals surface area contributed by atoms with Gasteiger partial charge in [-0.15, -0.1) is 0 Å². The van der Waals surface area contributed by atoms with Crippen LogP contribution >= 0.6 is 0 Å². The molecule has 3 heteroatoms. The molecule has 0 amide bonds. The zero-order valence-corrected chi connectivity index (χ0v) is 12.1. The summed E-state index contributed by atoms with van der Waals surface area (Å²) in [5.74, 6) is 0.101. The van der Waals surface area contributed by atoms with Crippen LogP contribution in [0.25, 0.3) is 0 Å². The van der Waals surface area contributed by atoms with Gasteiger partial charge in [0, 0.05) is 18.6 Å². The van der Waals surface area contributed by atoms with Crippen molar-refractivity contribution in [2.45, 2.75) is 50.7 Å². The SMILES string of the molecule is COC(=O)C1C[C@H]2CCC[C@@H](C1)N2Cc1ccccc1. The first-order chi connectivity index (χ1) is 9.78. The van der Waals surface area contributed by atoms with Gasteiger partial charge in [0.2, 0.25) is 0 Å². The van der Waals surface area contributed by atoms with Crippen LogP contribution < -0.4 is 0 Å². The van der Waals surface area contributed by atoms with E-state index in [0.717, 1.165) is 19.4 Å². The van der Waals surface area contributed by atoms with Gasteiger partial charge in [-0.1, -0.05) is 36.8 Å². The van der Waals surface area contributed by atoms with Crippen molar-refractivity contribution in [1.29, 1.82) is 0 Å². The zero-order valence-electron chi connectivity index (χ0n) is 12.1. The fourth-order valence-electron chi connectivity index (χ4n) is 3.89. The molecule has 3 nitrogen and oxygen atoms in total. The Labute approximate surface area is 120 Å². The lowest BCUT2D eigenvalue weighted by Crippen LogP contribution is -2.52. The Kier molecular flexibility index (Phi) is 4.06. The lowest BCUT2D eigenvalue weighted by molar-refractivity contribution is -0.150. The molecule has 0 N–H and O–H groups in total. The minimum absolute atomic E-state index is 0.0127. The van der Waals surface area contributed by atoms with E-state index < -0.39 is 0 Å². The topological polar surface area (TPSA) is 29.5 Å². The second-order valence-electron chi connectivity index (χ2n) is 6.09. The highest BCUT2D eigenvalue weighted by molar-refractivity contribution is 5.72. The van der Waals surface area contributed by atoms with Gasteiger partial charge in [-0.3, -0.25) is 9.69 Å². The molecule has 0 spiro atoms. The van der Waals surface area contributed by atoms with Crippen LogP contribution in [-0.2, 0) is 16.1 Å². The van der Waals surface area contributed by atoms with Crippen molar-refractivity contribution in [2.75, 3.05) is 7.11 Å². The van der Waals surface area contributed by atoms with Crippen LogP contribution in [-0.4, -0.2) is 30.1 Å². The van der Waals surface area contributed by atoms with Crippen molar-refractivity contribution >= 4 is 5.97 Å². The second-order valence-corrected chi connectivity index (χ2v) is 6.09. The fourth-order valence-corrected chi connectivity index (χ4v) is 3.89. The second kappa shape index (κ2) is 5.96. The van der Waals surface area contributed by atoms with Crippen LogP contribution in [0.15, 0.2) is 30.3 Å².